The van der Waals surface area contributed by atoms with Crippen molar-refractivity contribution in [2.45, 2.75) is 24.4 Å². The van der Waals surface area contributed by atoms with E-state index in [1.807, 2.05) is 4.98 Å². The Hall–Kier alpha value is -1.59. The summed E-state index contributed by atoms with van der Waals surface area (Å²) >= 11 is 5.63. The van der Waals surface area contributed by atoms with Crippen LogP contribution < -0.4 is 11.2 Å². The molecule has 1 saturated heterocycles. The van der Waals surface area contributed by atoms with Crippen molar-refractivity contribution in [3.8, 4) is 12.3 Å². The van der Waals surface area contributed by atoms with E-state index in [-0.39, 0.29) is 11.4 Å². The molecule has 3 atom stereocenters. The lowest BCUT2D eigenvalue weighted by molar-refractivity contribution is -0.0912. The number of aromatic nitrogens is 2. The fraction of sp³-hybridized carbons (Fsp3) is 0.455. The number of terminal acetylenes is 1. The minimum Gasteiger partial charge on any atom is -0.392 e. The first-order valence-corrected chi connectivity index (χ1v) is 5.77. The predicted octanol–water partition coefficient (Wildman–Crippen LogP) is -1.17. The van der Waals surface area contributed by atoms with Gasteiger partial charge in [-0.1, -0.05) is 17.5 Å². The number of rotatable bonds is 2. The maximum absolute atomic E-state index is 11.6. The van der Waals surface area contributed by atoms with Crippen molar-refractivity contribution < 1.29 is 14.9 Å². The van der Waals surface area contributed by atoms with Gasteiger partial charge in [-0.05, 0) is 0 Å². The van der Waals surface area contributed by atoms with Crippen LogP contribution in [0.5, 0.6) is 0 Å². The number of ether oxygens (including phenoxy) is 1. The van der Waals surface area contributed by atoms with Crippen molar-refractivity contribution in [2.24, 2.45) is 0 Å². The van der Waals surface area contributed by atoms with E-state index >= 15 is 0 Å². The van der Waals surface area contributed by atoms with Crippen LogP contribution in [0, 0.1) is 12.3 Å². The van der Waals surface area contributed by atoms with E-state index in [9.17, 15) is 19.8 Å². The Balaban J connectivity index is 2.42. The normalized spacial score (nSPS) is 30.2. The molecule has 102 valence electrons. The maximum atomic E-state index is 11.6. The summed E-state index contributed by atoms with van der Waals surface area (Å²) in [5.41, 5.74) is -3.02. The Labute approximate surface area is 112 Å². The van der Waals surface area contributed by atoms with Gasteiger partial charge < -0.3 is 14.9 Å². The number of aliphatic hydroxyl groups excluding tert-OH is 2. The van der Waals surface area contributed by atoms with E-state index in [0.717, 1.165) is 10.8 Å². The number of aromatic amines is 1. The van der Waals surface area contributed by atoms with Crippen molar-refractivity contribution in [3.05, 3.63) is 32.1 Å². The first-order valence-electron chi connectivity index (χ1n) is 5.39. The molecule has 1 fully saturated rings. The third kappa shape index (κ3) is 2.19. The summed E-state index contributed by atoms with van der Waals surface area (Å²) in [6.45, 7) is -0.590. The quantitative estimate of drug-likeness (QED) is 0.595. The Bertz CT molecular complexity index is 646. The Kier molecular flexibility index (Phi) is 3.52. The van der Waals surface area contributed by atoms with Gasteiger partial charge in [0.15, 0.2) is 5.60 Å². The van der Waals surface area contributed by atoms with Crippen LogP contribution >= 0.6 is 11.6 Å². The number of nitrogens with one attached hydrogen (secondary N) is 1. The second-order valence-electron chi connectivity index (χ2n) is 4.16. The molecule has 0 aromatic carbocycles. The average molecular weight is 287 g/mol. The molecule has 0 unspecified atom stereocenters. The highest BCUT2D eigenvalue weighted by molar-refractivity contribution is 6.30. The molecule has 0 spiro atoms. The molecule has 2 heterocycles. The van der Waals surface area contributed by atoms with Crippen molar-refractivity contribution in [1.82, 2.24) is 9.55 Å². The first kappa shape index (κ1) is 13.8. The van der Waals surface area contributed by atoms with Crippen molar-refractivity contribution in [1.29, 1.82) is 0 Å². The van der Waals surface area contributed by atoms with Crippen LogP contribution in [-0.2, 0) is 4.74 Å². The molecule has 1 aromatic heterocycles. The average Bonchev–Trinajstić information content (AvgIpc) is 2.71. The molecule has 8 heteroatoms. The predicted molar refractivity (Wildman–Crippen MR) is 65.7 cm³/mol. The Morgan fingerprint density at radius 3 is 2.89 bits per heavy atom. The van der Waals surface area contributed by atoms with Gasteiger partial charge in [-0.3, -0.25) is 14.3 Å². The molecule has 1 aliphatic rings. The molecular formula is C11H11ClN2O5. The fourth-order valence-corrected chi connectivity index (χ4v) is 2.07. The molecule has 0 bridgehead atoms. The number of nitrogens with zero attached hydrogens (tertiary/aromatic N) is 1. The minimum absolute atomic E-state index is 0.00691. The van der Waals surface area contributed by atoms with Crippen LogP contribution in [0.25, 0.3) is 0 Å². The lowest BCUT2D eigenvalue weighted by atomic mass is 9.99. The highest BCUT2D eigenvalue weighted by Gasteiger charge is 2.47. The molecule has 1 aromatic rings. The SMILES string of the molecule is C#C[C@]1(CO)O[C@@H](n2cc(Cl)c(=O)[nH]c2=O)C[C@H]1O. The van der Waals surface area contributed by atoms with Crippen molar-refractivity contribution in [2.75, 3.05) is 6.61 Å². The Morgan fingerprint density at radius 1 is 1.68 bits per heavy atom. The van der Waals surface area contributed by atoms with Crippen molar-refractivity contribution in [3.63, 3.8) is 0 Å². The summed E-state index contributed by atoms with van der Waals surface area (Å²) < 4.78 is 6.38. The van der Waals surface area contributed by atoms with Gasteiger partial charge in [-0.15, -0.1) is 6.42 Å². The van der Waals surface area contributed by atoms with Gasteiger partial charge >= 0.3 is 5.69 Å². The largest absolute Gasteiger partial charge is 0.392 e. The zero-order valence-electron chi connectivity index (χ0n) is 9.67. The molecule has 0 saturated carbocycles. The zero-order valence-corrected chi connectivity index (χ0v) is 10.4. The summed E-state index contributed by atoms with van der Waals surface area (Å²) in [5, 5.41) is 18.9. The van der Waals surface area contributed by atoms with Crippen LogP contribution in [0.1, 0.15) is 12.6 Å². The van der Waals surface area contributed by atoms with Gasteiger partial charge in [-0.2, -0.15) is 0 Å². The van der Waals surface area contributed by atoms with Gasteiger partial charge in [-0.25, -0.2) is 4.79 Å². The molecule has 0 radical (unpaired) electrons. The standard InChI is InChI=1S/C11H11ClN2O5/c1-2-11(5-15)7(16)3-8(19-11)14-4-6(12)9(17)13-10(14)18/h1,4,7-8,15-16H,3,5H2,(H,13,17,18)/t7-,8-,11-/m1/s1. The lowest BCUT2D eigenvalue weighted by Crippen LogP contribution is -2.41. The highest BCUT2D eigenvalue weighted by Crippen LogP contribution is 2.35. The highest BCUT2D eigenvalue weighted by atomic mass is 35.5. The Morgan fingerprint density at radius 2 is 2.37 bits per heavy atom. The minimum atomic E-state index is -1.56. The van der Waals surface area contributed by atoms with E-state index in [4.69, 9.17) is 22.8 Å². The maximum Gasteiger partial charge on any atom is 0.330 e. The summed E-state index contributed by atoms with van der Waals surface area (Å²) in [6.07, 6.45) is 4.28. The molecule has 0 amide bonds. The molecule has 0 aliphatic carbocycles. The van der Waals surface area contributed by atoms with E-state index < -0.39 is 35.8 Å². The topological polar surface area (TPSA) is 105 Å². The zero-order chi connectivity index (χ0) is 14.2. The van der Waals surface area contributed by atoms with E-state index in [0.29, 0.717) is 0 Å². The third-order valence-electron chi connectivity index (χ3n) is 3.02. The second kappa shape index (κ2) is 4.83. The second-order valence-corrected chi connectivity index (χ2v) is 4.57. The summed E-state index contributed by atoms with van der Waals surface area (Å²) in [5.74, 6) is 2.18. The van der Waals surface area contributed by atoms with E-state index in [1.165, 1.54) is 0 Å². The first-order chi connectivity index (χ1) is 8.93. The van der Waals surface area contributed by atoms with Gasteiger partial charge in [0.25, 0.3) is 5.56 Å². The third-order valence-corrected chi connectivity index (χ3v) is 3.29. The van der Waals surface area contributed by atoms with Gasteiger partial charge in [0.05, 0.1) is 6.61 Å². The number of hydrogen-bond donors (Lipinski definition) is 3. The molecule has 19 heavy (non-hydrogen) atoms. The number of halogens is 1. The summed E-state index contributed by atoms with van der Waals surface area (Å²) in [4.78, 5) is 24.8. The monoisotopic (exact) mass is 286 g/mol. The fourth-order valence-electron chi connectivity index (χ4n) is 1.91. The lowest BCUT2D eigenvalue weighted by Gasteiger charge is -2.23. The molecule has 2 rings (SSSR count). The van der Waals surface area contributed by atoms with Gasteiger partial charge in [0.1, 0.15) is 17.4 Å². The summed E-state index contributed by atoms with van der Waals surface area (Å²) in [6, 6.07) is 0. The molecule has 3 N–H and O–H groups in total. The van der Waals surface area contributed by atoms with Gasteiger partial charge in [0, 0.05) is 12.6 Å². The van der Waals surface area contributed by atoms with Gasteiger partial charge in [0.2, 0.25) is 0 Å². The van der Waals surface area contributed by atoms with Crippen LogP contribution in [0.2, 0.25) is 5.02 Å². The van der Waals surface area contributed by atoms with Crippen LogP contribution in [0.4, 0.5) is 0 Å². The van der Waals surface area contributed by atoms with Crippen molar-refractivity contribution >= 4 is 11.6 Å². The number of aliphatic hydroxyl groups is 2. The molecule has 1 aliphatic heterocycles. The van der Waals surface area contributed by atoms with E-state index in [1.54, 1.807) is 0 Å². The summed E-state index contributed by atoms with van der Waals surface area (Å²) in [7, 11) is 0. The van der Waals surface area contributed by atoms with Crippen LogP contribution in [-0.4, -0.2) is 38.1 Å². The number of H-pyrrole nitrogens is 1. The van der Waals surface area contributed by atoms with E-state index in [2.05, 4.69) is 5.92 Å². The molecule has 7 nitrogen and oxygen atoms in total. The van der Waals surface area contributed by atoms with Crippen LogP contribution in [0.15, 0.2) is 15.8 Å². The van der Waals surface area contributed by atoms with Crippen LogP contribution in [0.3, 0.4) is 0 Å². The molecular weight excluding hydrogens is 276 g/mol. The smallest absolute Gasteiger partial charge is 0.330 e. The number of hydrogen-bond acceptors (Lipinski definition) is 5.